The number of hydrogen-bond acceptors (Lipinski definition) is 5. The van der Waals surface area contributed by atoms with Gasteiger partial charge in [-0.2, -0.15) is 0 Å². The van der Waals surface area contributed by atoms with Gasteiger partial charge in [-0.25, -0.2) is 13.2 Å². The number of benzene rings is 1. The summed E-state index contributed by atoms with van der Waals surface area (Å²) in [6.07, 6.45) is -0.635. The number of carbonyl (C=O) groups is 1. The second-order valence-corrected chi connectivity index (χ2v) is 8.18. The third-order valence-electron chi connectivity index (χ3n) is 3.56. The van der Waals surface area contributed by atoms with Gasteiger partial charge in [0.25, 0.3) is 0 Å². The lowest BCUT2D eigenvalue weighted by atomic mass is 10.2. The van der Waals surface area contributed by atoms with Crippen LogP contribution < -0.4 is 16.0 Å². The standard InChI is InChI=1S/C15H21N3O4S2/c1-3-22-15(19)18-13-9-24(20,21)8-12(13)17-14(23)16-11-6-4-10(2)5-7-11/h4-7,12-13H,3,8-9H2,1-2H3,(H,18,19)(H2,16,17,23)/t12-,13-/m1/s1. The highest BCUT2D eigenvalue weighted by atomic mass is 32.2. The van der Waals surface area contributed by atoms with Crippen molar-refractivity contribution in [2.24, 2.45) is 0 Å². The van der Waals surface area contributed by atoms with E-state index < -0.39 is 28.0 Å². The number of thiocarbonyl (C=S) groups is 1. The fourth-order valence-electron chi connectivity index (χ4n) is 2.43. The smallest absolute Gasteiger partial charge is 0.407 e. The number of amides is 1. The van der Waals surface area contributed by atoms with Crippen molar-refractivity contribution in [3.63, 3.8) is 0 Å². The molecule has 0 unspecified atom stereocenters. The van der Waals surface area contributed by atoms with Crippen LogP contribution in [0.2, 0.25) is 0 Å². The summed E-state index contributed by atoms with van der Waals surface area (Å²) in [6.45, 7) is 3.88. The second-order valence-electron chi connectivity index (χ2n) is 5.62. The summed E-state index contributed by atoms with van der Waals surface area (Å²) < 4.78 is 28.6. The number of sulfone groups is 1. The van der Waals surface area contributed by atoms with Gasteiger partial charge in [0.1, 0.15) is 0 Å². The highest BCUT2D eigenvalue weighted by Crippen LogP contribution is 2.14. The maximum Gasteiger partial charge on any atom is 0.407 e. The predicted molar refractivity (Wildman–Crippen MR) is 96.9 cm³/mol. The average Bonchev–Trinajstić information content (AvgIpc) is 2.75. The zero-order chi connectivity index (χ0) is 17.7. The minimum absolute atomic E-state index is 0.0974. The molecule has 1 amide bonds. The summed E-state index contributed by atoms with van der Waals surface area (Å²) in [7, 11) is -3.25. The topological polar surface area (TPSA) is 96.5 Å². The third-order valence-corrected chi connectivity index (χ3v) is 5.51. The van der Waals surface area contributed by atoms with Crippen molar-refractivity contribution in [1.82, 2.24) is 10.6 Å². The molecule has 7 nitrogen and oxygen atoms in total. The van der Waals surface area contributed by atoms with E-state index in [1.165, 1.54) is 0 Å². The molecule has 1 fully saturated rings. The molecule has 1 aliphatic heterocycles. The highest BCUT2D eigenvalue weighted by Gasteiger charge is 2.39. The molecule has 132 valence electrons. The van der Waals surface area contributed by atoms with Gasteiger partial charge in [0.15, 0.2) is 14.9 Å². The molecule has 0 aliphatic carbocycles. The number of ether oxygens (including phenoxy) is 1. The van der Waals surface area contributed by atoms with Gasteiger partial charge < -0.3 is 20.7 Å². The van der Waals surface area contributed by atoms with E-state index in [2.05, 4.69) is 16.0 Å². The highest BCUT2D eigenvalue weighted by molar-refractivity contribution is 7.91. The van der Waals surface area contributed by atoms with Crippen molar-refractivity contribution in [2.45, 2.75) is 25.9 Å². The van der Waals surface area contributed by atoms with E-state index in [-0.39, 0.29) is 18.1 Å². The fraction of sp³-hybridized carbons (Fsp3) is 0.467. The number of carbonyl (C=O) groups excluding carboxylic acids is 1. The summed E-state index contributed by atoms with van der Waals surface area (Å²) in [5.41, 5.74) is 1.92. The van der Waals surface area contributed by atoms with Crippen molar-refractivity contribution in [2.75, 3.05) is 23.4 Å². The number of alkyl carbamates (subject to hydrolysis) is 1. The minimum atomic E-state index is -3.25. The molecule has 1 heterocycles. The van der Waals surface area contributed by atoms with E-state index in [1.807, 2.05) is 31.2 Å². The number of rotatable bonds is 4. The first-order chi connectivity index (χ1) is 11.3. The van der Waals surface area contributed by atoms with E-state index in [4.69, 9.17) is 17.0 Å². The lowest BCUT2D eigenvalue weighted by Gasteiger charge is -2.22. The van der Waals surface area contributed by atoms with E-state index in [1.54, 1.807) is 6.92 Å². The molecular formula is C15H21N3O4S2. The van der Waals surface area contributed by atoms with Crippen molar-refractivity contribution in [3.05, 3.63) is 29.8 Å². The summed E-state index contributed by atoms with van der Waals surface area (Å²) in [5.74, 6) is -0.240. The minimum Gasteiger partial charge on any atom is -0.450 e. The Bertz CT molecular complexity index is 704. The number of aryl methyl sites for hydroxylation is 1. The first-order valence-electron chi connectivity index (χ1n) is 7.57. The van der Waals surface area contributed by atoms with Gasteiger partial charge in [-0.15, -0.1) is 0 Å². The Morgan fingerprint density at radius 3 is 2.38 bits per heavy atom. The zero-order valence-corrected chi connectivity index (χ0v) is 15.2. The molecule has 1 aliphatic rings. The predicted octanol–water partition coefficient (Wildman–Crippen LogP) is 1.19. The van der Waals surface area contributed by atoms with Gasteiger partial charge in [-0.3, -0.25) is 0 Å². The van der Waals surface area contributed by atoms with Gasteiger partial charge in [0, 0.05) is 5.69 Å². The van der Waals surface area contributed by atoms with Gasteiger partial charge >= 0.3 is 6.09 Å². The lowest BCUT2D eigenvalue weighted by Crippen LogP contribution is -2.51. The van der Waals surface area contributed by atoms with E-state index in [0.717, 1.165) is 11.3 Å². The summed E-state index contributed by atoms with van der Waals surface area (Å²) >= 11 is 5.24. The summed E-state index contributed by atoms with van der Waals surface area (Å²) in [5, 5.41) is 8.84. The molecule has 0 aromatic heterocycles. The Balaban J connectivity index is 1.98. The molecule has 0 saturated carbocycles. The Labute approximate surface area is 147 Å². The number of anilines is 1. The molecule has 0 spiro atoms. The number of hydrogen-bond donors (Lipinski definition) is 3. The molecule has 2 rings (SSSR count). The van der Waals surface area contributed by atoms with Crippen LogP contribution in [0, 0.1) is 6.92 Å². The van der Waals surface area contributed by atoms with Crippen LogP contribution in [0.25, 0.3) is 0 Å². The Hall–Kier alpha value is -1.87. The van der Waals surface area contributed by atoms with Crippen LogP contribution in [-0.4, -0.2) is 49.8 Å². The third kappa shape index (κ3) is 5.34. The summed E-state index contributed by atoms with van der Waals surface area (Å²) in [4.78, 5) is 11.6. The maximum absolute atomic E-state index is 11.9. The van der Waals surface area contributed by atoms with Gasteiger partial charge in [-0.05, 0) is 38.2 Å². The van der Waals surface area contributed by atoms with Crippen molar-refractivity contribution in [1.29, 1.82) is 0 Å². The molecule has 9 heteroatoms. The maximum atomic E-state index is 11.9. The van der Waals surface area contributed by atoms with Crippen LogP contribution in [0.5, 0.6) is 0 Å². The van der Waals surface area contributed by atoms with Crippen molar-refractivity contribution < 1.29 is 17.9 Å². The Morgan fingerprint density at radius 2 is 1.79 bits per heavy atom. The molecule has 2 atom stereocenters. The normalized spacial score (nSPS) is 21.8. The lowest BCUT2D eigenvalue weighted by molar-refractivity contribution is 0.148. The molecule has 0 radical (unpaired) electrons. The van der Waals surface area contributed by atoms with E-state index in [0.29, 0.717) is 5.11 Å². The van der Waals surface area contributed by atoms with Crippen LogP contribution in [0.15, 0.2) is 24.3 Å². The van der Waals surface area contributed by atoms with Crippen LogP contribution in [0.3, 0.4) is 0 Å². The fourth-order valence-corrected chi connectivity index (χ4v) is 4.56. The first-order valence-corrected chi connectivity index (χ1v) is 9.80. The van der Waals surface area contributed by atoms with Crippen molar-refractivity contribution in [3.8, 4) is 0 Å². The summed E-state index contributed by atoms with van der Waals surface area (Å²) in [6, 6.07) is 6.54. The van der Waals surface area contributed by atoms with Gasteiger partial charge in [-0.1, -0.05) is 17.7 Å². The van der Waals surface area contributed by atoms with E-state index in [9.17, 15) is 13.2 Å². The molecule has 24 heavy (non-hydrogen) atoms. The molecule has 0 bridgehead atoms. The number of nitrogens with one attached hydrogen (secondary N) is 3. The Kier molecular flexibility index (Phi) is 6.00. The van der Waals surface area contributed by atoms with E-state index >= 15 is 0 Å². The van der Waals surface area contributed by atoms with Crippen LogP contribution in [0.4, 0.5) is 10.5 Å². The Morgan fingerprint density at radius 1 is 1.21 bits per heavy atom. The molecular weight excluding hydrogens is 350 g/mol. The molecule has 1 aromatic rings. The van der Waals surface area contributed by atoms with Crippen LogP contribution >= 0.6 is 12.2 Å². The quantitative estimate of drug-likeness (QED) is 0.684. The molecule has 1 saturated heterocycles. The molecule has 1 aromatic carbocycles. The first kappa shape index (κ1) is 18.5. The van der Waals surface area contributed by atoms with Crippen LogP contribution in [-0.2, 0) is 14.6 Å². The monoisotopic (exact) mass is 371 g/mol. The zero-order valence-electron chi connectivity index (χ0n) is 13.5. The van der Waals surface area contributed by atoms with Crippen LogP contribution in [0.1, 0.15) is 12.5 Å². The van der Waals surface area contributed by atoms with Crippen molar-refractivity contribution >= 4 is 38.9 Å². The second kappa shape index (κ2) is 7.80. The van der Waals surface area contributed by atoms with Gasteiger partial charge in [0.05, 0.1) is 30.2 Å². The largest absolute Gasteiger partial charge is 0.450 e. The average molecular weight is 371 g/mol. The SMILES string of the molecule is CCOC(=O)N[C@@H]1CS(=O)(=O)C[C@H]1NC(=S)Nc1ccc(C)cc1. The van der Waals surface area contributed by atoms with Gasteiger partial charge in [0.2, 0.25) is 0 Å². The molecule has 3 N–H and O–H groups in total.